The van der Waals surface area contributed by atoms with Gasteiger partial charge in [-0.25, -0.2) is 13.6 Å². The number of nitrogens with zero attached hydrogens (tertiary/aromatic N) is 2. The predicted octanol–water partition coefficient (Wildman–Crippen LogP) is 1.17. The van der Waals surface area contributed by atoms with Gasteiger partial charge in [-0.15, -0.1) is 0 Å². The number of carbonyl (C=O) groups excluding carboxylic acids is 1. The van der Waals surface area contributed by atoms with Gasteiger partial charge in [-0.3, -0.25) is 4.79 Å². The van der Waals surface area contributed by atoms with Crippen molar-refractivity contribution in [1.82, 2.24) is 9.80 Å². The van der Waals surface area contributed by atoms with E-state index in [-0.39, 0.29) is 18.9 Å². The van der Waals surface area contributed by atoms with Crippen LogP contribution in [0.2, 0.25) is 0 Å². The third-order valence-corrected chi connectivity index (χ3v) is 5.45. The summed E-state index contributed by atoms with van der Waals surface area (Å²) >= 11 is 0. The summed E-state index contributed by atoms with van der Waals surface area (Å²) in [4.78, 5) is 15.9. The van der Waals surface area contributed by atoms with Crippen LogP contribution in [-0.2, 0) is 14.8 Å². The summed E-state index contributed by atoms with van der Waals surface area (Å²) in [6.45, 7) is 8.42. The Morgan fingerprint density at radius 2 is 1.68 bits per heavy atom. The number of rotatable bonds is 11. The Bertz CT molecular complexity index is 431. The van der Waals surface area contributed by atoms with E-state index in [1.54, 1.807) is 4.90 Å². The molecule has 1 unspecified atom stereocenters. The van der Waals surface area contributed by atoms with Crippen LogP contribution >= 0.6 is 0 Å². The molecule has 130 valence electrons. The summed E-state index contributed by atoms with van der Waals surface area (Å²) in [7, 11) is -3.61. The first-order valence-corrected chi connectivity index (χ1v) is 10.0. The minimum Gasteiger partial charge on any atom is -0.341 e. The van der Waals surface area contributed by atoms with E-state index in [2.05, 4.69) is 18.7 Å². The van der Waals surface area contributed by atoms with E-state index >= 15 is 0 Å². The minimum atomic E-state index is -3.61. The van der Waals surface area contributed by atoms with Gasteiger partial charge in [0, 0.05) is 19.5 Å². The fourth-order valence-electron chi connectivity index (χ4n) is 2.76. The third-order valence-electron chi connectivity index (χ3n) is 4.20. The number of nitrogens with two attached hydrogens (primary N) is 1. The number of hydrogen-bond donors (Lipinski definition) is 1. The third kappa shape index (κ3) is 6.62. The maximum Gasteiger partial charge on any atom is 0.224 e. The van der Waals surface area contributed by atoms with Crippen LogP contribution in [0.3, 0.4) is 0 Å². The summed E-state index contributed by atoms with van der Waals surface area (Å²) in [6, 6.07) is 0. The van der Waals surface area contributed by atoms with Crippen molar-refractivity contribution in [3.05, 3.63) is 0 Å². The molecule has 1 aliphatic rings. The van der Waals surface area contributed by atoms with Crippen LogP contribution in [0.1, 0.15) is 52.4 Å². The van der Waals surface area contributed by atoms with Gasteiger partial charge in [0.25, 0.3) is 0 Å². The Kier molecular flexibility index (Phi) is 8.35. The van der Waals surface area contributed by atoms with Gasteiger partial charge in [-0.2, -0.15) is 0 Å². The Morgan fingerprint density at radius 3 is 2.14 bits per heavy atom. The van der Waals surface area contributed by atoms with E-state index < -0.39 is 15.3 Å². The van der Waals surface area contributed by atoms with Crippen molar-refractivity contribution in [2.45, 2.75) is 57.6 Å². The zero-order chi connectivity index (χ0) is 16.6. The molecule has 0 radical (unpaired) electrons. The van der Waals surface area contributed by atoms with Gasteiger partial charge in [-0.05, 0) is 38.9 Å². The molecular weight excluding hydrogens is 302 g/mol. The van der Waals surface area contributed by atoms with Gasteiger partial charge in [-0.1, -0.05) is 26.7 Å². The topological polar surface area (TPSA) is 83.7 Å². The number of unbranched alkanes of at least 4 members (excludes halogenated alkanes) is 2. The fourth-order valence-corrected chi connectivity index (χ4v) is 3.52. The summed E-state index contributed by atoms with van der Waals surface area (Å²) in [5.41, 5.74) is 0. The van der Waals surface area contributed by atoms with E-state index in [4.69, 9.17) is 5.14 Å². The molecule has 7 heteroatoms. The van der Waals surface area contributed by atoms with Gasteiger partial charge >= 0.3 is 0 Å². The molecule has 1 saturated heterocycles. The number of carbonyl (C=O) groups is 1. The van der Waals surface area contributed by atoms with E-state index in [9.17, 15) is 13.2 Å². The van der Waals surface area contributed by atoms with Crippen LogP contribution < -0.4 is 5.14 Å². The Morgan fingerprint density at radius 1 is 1.14 bits per heavy atom. The first-order valence-electron chi connectivity index (χ1n) is 8.40. The molecule has 1 atom stereocenters. The average molecular weight is 333 g/mol. The highest BCUT2D eigenvalue weighted by molar-refractivity contribution is 7.89. The van der Waals surface area contributed by atoms with Crippen molar-refractivity contribution < 1.29 is 13.2 Å². The van der Waals surface area contributed by atoms with E-state index in [0.29, 0.717) is 6.54 Å². The van der Waals surface area contributed by atoms with Gasteiger partial charge in [0.05, 0.1) is 0 Å². The molecular formula is C15H31N3O3S. The SMILES string of the molecule is CCCCN(CCCC)CCCN1CC(S(N)(=O)=O)CC1=O. The van der Waals surface area contributed by atoms with Gasteiger partial charge in [0.2, 0.25) is 15.9 Å². The monoisotopic (exact) mass is 333 g/mol. The predicted molar refractivity (Wildman–Crippen MR) is 89.0 cm³/mol. The molecule has 0 aromatic heterocycles. The van der Waals surface area contributed by atoms with Crippen LogP contribution in [0.5, 0.6) is 0 Å². The maximum atomic E-state index is 11.8. The number of hydrogen-bond acceptors (Lipinski definition) is 4. The Hall–Kier alpha value is -0.660. The summed E-state index contributed by atoms with van der Waals surface area (Å²) in [5.74, 6) is -0.0901. The van der Waals surface area contributed by atoms with Crippen LogP contribution in [0.4, 0.5) is 0 Å². The summed E-state index contributed by atoms with van der Waals surface area (Å²) in [6.07, 6.45) is 5.68. The normalized spacial score (nSPS) is 19.4. The molecule has 22 heavy (non-hydrogen) atoms. The zero-order valence-corrected chi connectivity index (χ0v) is 14.8. The average Bonchev–Trinajstić information content (AvgIpc) is 2.83. The molecule has 1 fully saturated rings. The van der Waals surface area contributed by atoms with Crippen molar-refractivity contribution in [2.75, 3.05) is 32.7 Å². The standard InChI is InChI=1S/C15H31N3O3S/c1-3-5-8-17(9-6-4-2)10-7-11-18-13-14(12-15(18)19)22(16,20)21/h14H,3-13H2,1-2H3,(H2,16,20,21). The highest BCUT2D eigenvalue weighted by Gasteiger charge is 2.35. The van der Waals surface area contributed by atoms with E-state index in [1.807, 2.05) is 0 Å². The maximum absolute atomic E-state index is 11.8. The molecule has 0 aliphatic carbocycles. The first-order chi connectivity index (χ1) is 10.4. The molecule has 0 bridgehead atoms. The highest BCUT2D eigenvalue weighted by Crippen LogP contribution is 2.16. The number of likely N-dealkylation sites (tertiary alicyclic amines) is 1. The van der Waals surface area contributed by atoms with Crippen LogP contribution in [0.15, 0.2) is 0 Å². The van der Waals surface area contributed by atoms with E-state index in [1.165, 1.54) is 25.7 Å². The molecule has 1 aliphatic heterocycles. The van der Waals surface area contributed by atoms with Crippen molar-refractivity contribution in [3.63, 3.8) is 0 Å². The second-order valence-electron chi connectivity index (χ2n) is 6.16. The molecule has 1 heterocycles. The Balaban J connectivity index is 2.36. The molecule has 6 nitrogen and oxygen atoms in total. The van der Waals surface area contributed by atoms with Crippen LogP contribution in [-0.4, -0.2) is 62.1 Å². The van der Waals surface area contributed by atoms with Crippen molar-refractivity contribution in [1.29, 1.82) is 0 Å². The first kappa shape index (κ1) is 19.4. The molecule has 1 amide bonds. The van der Waals surface area contributed by atoms with Gasteiger partial charge in [0.1, 0.15) is 5.25 Å². The highest BCUT2D eigenvalue weighted by atomic mass is 32.2. The largest absolute Gasteiger partial charge is 0.341 e. The van der Waals surface area contributed by atoms with Gasteiger partial charge < -0.3 is 9.80 Å². The van der Waals surface area contributed by atoms with Crippen LogP contribution in [0, 0.1) is 0 Å². The molecule has 0 aromatic rings. The number of amides is 1. The molecule has 0 saturated carbocycles. The lowest BCUT2D eigenvalue weighted by atomic mass is 10.2. The molecule has 0 aromatic carbocycles. The quantitative estimate of drug-likeness (QED) is 0.615. The van der Waals surface area contributed by atoms with Crippen molar-refractivity contribution >= 4 is 15.9 Å². The lowest BCUT2D eigenvalue weighted by Crippen LogP contribution is -2.34. The summed E-state index contributed by atoms with van der Waals surface area (Å²) < 4.78 is 22.7. The minimum absolute atomic E-state index is 0.0359. The lowest BCUT2D eigenvalue weighted by Gasteiger charge is -2.23. The molecule has 0 spiro atoms. The molecule has 2 N–H and O–H groups in total. The summed E-state index contributed by atoms with van der Waals surface area (Å²) in [5, 5.41) is 4.41. The second-order valence-corrected chi connectivity index (χ2v) is 8.00. The fraction of sp³-hybridized carbons (Fsp3) is 0.933. The van der Waals surface area contributed by atoms with Crippen molar-refractivity contribution in [2.24, 2.45) is 5.14 Å². The smallest absolute Gasteiger partial charge is 0.224 e. The lowest BCUT2D eigenvalue weighted by molar-refractivity contribution is -0.127. The zero-order valence-electron chi connectivity index (χ0n) is 14.0. The van der Waals surface area contributed by atoms with Gasteiger partial charge in [0.15, 0.2) is 0 Å². The number of primary sulfonamides is 1. The second kappa shape index (κ2) is 9.47. The Labute approximate surface area is 135 Å². The van der Waals surface area contributed by atoms with Crippen molar-refractivity contribution in [3.8, 4) is 0 Å². The van der Waals surface area contributed by atoms with E-state index in [0.717, 1.165) is 26.1 Å². The number of sulfonamides is 1. The van der Waals surface area contributed by atoms with Crippen LogP contribution in [0.25, 0.3) is 0 Å². The molecule has 1 rings (SSSR count).